The standard InChI is InChI=1S/C11H14N4OS/c1-3-4-8-9(12-2)14-7-15-10(8)17-11-13-5-6-16-11/h5-7H,3-4H2,1-2H3,(H,12,14,15). The van der Waals surface area contributed by atoms with Gasteiger partial charge in [0, 0.05) is 12.6 Å². The molecule has 0 spiro atoms. The van der Waals surface area contributed by atoms with E-state index >= 15 is 0 Å². The Kier molecular flexibility index (Phi) is 3.98. The molecular formula is C11H14N4OS. The number of nitrogens with zero attached hydrogens (tertiary/aromatic N) is 3. The molecule has 6 heteroatoms. The minimum absolute atomic E-state index is 0.600. The number of oxazole rings is 1. The Bertz CT molecular complexity index is 472. The zero-order valence-corrected chi connectivity index (χ0v) is 10.6. The van der Waals surface area contributed by atoms with Crippen LogP contribution in [0.3, 0.4) is 0 Å². The van der Waals surface area contributed by atoms with Gasteiger partial charge in [-0.1, -0.05) is 13.3 Å². The van der Waals surface area contributed by atoms with E-state index in [0.29, 0.717) is 5.22 Å². The van der Waals surface area contributed by atoms with Crippen molar-refractivity contribution < 1.29 is 4.42 Å². The Hall–Kier alpha value is -1.56. The second-order valence-corrected chi connectivity index (χ2v) is 4.35. The van der Waals surface area contributed by atoms with Gasteiger partial charge in [-0.2, -0.15) is 0 Å². The highest BCUT2D eigenvalue weighted by molar-refractivity contribution is 7.99. The number of hydrogen-bond acceptors (Lipinski definition) is 6. The first-order valence-corrected chi connectivity index (χ1v) is 6.25. The maximum absolute atomic E-state index is 5.22. The van der Waals surface area contributed by atoms with Crippen LogP contribution in [0.5, 0.6) is 0 Å². The Morgan fingerprint density at radius 1 is 1.35 bits per heavy atom. The molecule has 1 N–H and O–H groups in total. The summed E-state index contributed by atoms with van der Waals surface area (Å²) in [5.41, 5.74) is 1.11. The predicted molar refractivity (Wildman–Crippen MR) is 66.2 cm³/mol. The maximum atomic E-state index is 5.22. The van der Waals surface area contributed by atoms with Crippen LogP contribution in [0.4, 0.5) is 5.82 Å². The van der Waals surface area contributed by atoms with E-state index in [-0.39, 0.29) is 0 Å². The average molecular weight is 250 g/mol. The lowest BCUT2D eigenvalue weighted by atomic mass is 10.2. The van der Waals surface area contributed by atoms with Gasteiger partial charge in [-0.05, 0) is 18.2 Å². The van der Waals surface area contributed by atoms with E-state index in [9.17, 15) is 0 Å². The molecule has 2 heterocycles. The van der Waals surface area contributed by atoms with Gasteiger partial charge < -0.3 is 9.73 Å². The SMILES string of the molecule is CCCc1c(NC)ncnc1Sc1ncco1. The van der Waals surface area contributed by atoms with E-state index in [4.69, 9.17) is 4.42 Å². The highest BCUT2D eigenvalue weighted by Gasteiger charge is 2.12. The molecule has 0 bridgehead atoms. The summed E-state index contributed by atoms with van der Waals surface area (Å²) in [4.78, 5) is 12.6. The number of aromatic nitrogens is 3. The van der Waals surface area contributed by atoms with Gasteiger partial charge in [0.05, 0.1) is 6.20 Å². The lowest BCUT2D eigenvalue weighted by Crippen LogP contribution is -2.02. The van der Waals surface area contributed by atoms with Crippen LogP contribution in [0.15, 0.2) is 33.5 Å². The number of nitrogens with one attached hydrogen (secondary N) is 1. The molecule has 0 aliphatic carbocycles. The second-order valence-electron chi connectivity index (χ2n) is 3.41. The fraction of sp³-hybridized carbons (Fsp3) is 0.364. The van der Waals surface area contributed by atoms with Crippen LogP contribution < -0.4 is 5.32 Å². The number of anilines is 1. The summed E-state index contributed by atoms with van der Waals surface area (Å²) in [6, 6.07) is 0. The molecule has 17 heavy (non-hydrogen) atoms. The Morgan fingerprint density at radius 3 is 2.88 bits per heavy atom. The predicted octanol–water partition coefficient (Wildman–Crippen LogP) is 2.61. The summed E-state index contributed by atoms with van der Waals surface area (Å²) >= 11 is 1.42. The van der Waals surface area contributed by atoms with Crippen LogP contribution >= 0.6 is 11.8 Å². The van der Waals surface area contributed by atoms with Gasteiger partial charge in [-0.3, -0.25) is 0 Å². The summed E-state index contributed by atoms with van der Waals surface area (Å²) in [5, 5.41) is 4.58. The minimum atomic E-state index is 0.600. The van der Waals surface area contributed by atoms with Crippen molar-refractivity contribution in [2.24, 2.45) is 0 Å². The third-order valence-corrected chi connectivity index (χ3v) is 3.16. The highest BCUT2D eigenvalue weighted by atomic mass is 32.2. The van der Waals surface area contributed by atoms with E-state index in [1.165, 1.54) is 11.8 Å². The largest absolute Gasteiger partial charge is 0.440 e. The van der Waals surface area contributed by atoms with Crippen LogP contribution in [0.25, 0.3) is 0 Å². The van der Waals surface area contributed by atoms with Crippen molar-refractivity contribution in [3.8, 4) is 0 Å². The molecule has 5 nitrogen and oxygen atoms in total. The molecule has 0 saturated carbocycles. The van der Waals surface area contributed by atoms with Gasteiger partial charge in [0.2, 0.25) is 0 Å². The van der Waals surface area contributed by atoms with E-state index in [0.717, 1.165) is 29.2 Å². The highest BCUT2D eigenvalue weighted by Crippen LogP contribution is 2.30. The molecule has 0 aromatic carbocycles. The van der Waals surface area contributed by atoms with Crippen molar-refractivity contribution in [2.75, 3.05) is 12.4 Å². The van der Waals surface area contributed by atoms with E-state index < -0.39 is 0 Å². The molecule has 0 unspecified atom stereocenters. The van der Waals surface area contributed by atoms with E-state index in [1.54, 1.807) is 18.8 Å². The van der Waals surface area contributed by atoms with Crippen LogP contribution in [0.1, 0.15) is 18.9 Å². The quantitative estimate of drug-likeness (QED) is 0.823. The lowest BCUT2D eigenvalue weighted by Gasteiger charge is -2.09. The Balaban J connectivity index is 2.31. The first-order chi connectivity index (χ1) is 8.35. The first-order valence-electron chi connectivity index (χ1n) is 5.44. The van der Waals surface area contributed by atoms with E-state index in [1.807, 2.05) is 7.05 Å². The fourth-order valence-electron chi connectivity index (χ4n) is 1.52. The first kappa shape index (κ1) is 11.9. The summed E-state index contributed by atoms with van der Waals surface area (Å²) in [6.45, 7) is 2.13. The van der Waals surface area contributed by atoms with Crippen molar-refractivity contribution in [2.45, 2.75) is 30.0 Å². The lowest BCUT2D eigenvalue weighted by molar-refractivity contribution is 0.454. The zero-order chi connectivity index (χ0) is 12.1. The average Bonchev–Trinajstić information content (AvgIpc) is 2.84. The number of rotatable bonds is 5. The summed E-state index contributed by atoms with van der Waals surface area (Å²) in [6.07, 6.45) is 6.71. The third-order valence-electron chi connectivity index (χ3n) is 2.24. The smallest absolute Gasteiger partial charge is 0.261 e. The van der Waals surface area contributed by atoms with Crippen molar-refractivity contribution in [1.29, 1.82) is 0 Å². The van der Waals surface area contributed by atoms with E-state index in [2.05, 4.69) is 27.2 Å². The topological polar surface area (TPSA) is 63.8 Å². The van der Waals surface area contributed by atoms with Crippen molar-refractivity contribution >= 4 is 17.6 Å². The second kappa shape index (κ2) is 5.67. The van der Waals surface area contributed by atoms with Crippen molar-refractivity contribution in [3.05, 3.63) is 24.4 Å². The Labute approximate surface area is 104 Å². The Morgan fingerprint density at radius 2 is 2.24 bits per heavy atom. The molecule has 2 rings (SSSR count). The number of hydrogen-bond donors (Lipinski definition) is 1. The van der Waals surface area contributed by atoms with Gasteiger partial charge in [-0.25, -0.2) is 15.0 Å². The maximum Gasteiger partial charge on any atom is 0.261 e. The zero-order valence-electron chi connectivity index (χ0n) is 9.80. The molecule has 0 aliphatic heterocycles. The van der Waals surface area contributed by atoms with Crippen LogP contribution in [-0.4, -0.2) is 22.0 Å². The van der Waals surface area contributed by atoms with Gasteiger partial charge in [0.1, 0.15) is 23.4 Å². The normalized spacial score (nSPS) is 10.5. The molecule has 0 aliphatic rings. The fourth-order valence-corrected chi connectivity index (χ4v) is 2.32. The molecule has 0 fully saturated rings. The van der Waals surface area contributed by atoms with Gasteiger partial charge in [0.25, 0.3) is 5.22 Å². The molecular weight excluding hydrogens is 236 g/mol. The van der Waals surface area contributed by atoms with Gasteiger partial charge in [0.15, 0.2) is 0 Å². The van der Waals surface area contributed by atoms with Crippen LogP contribution in [0.2, 0.25) is 0 Å². The van der Waals surface area contributed by atoms with Crippen LogP contribution in [0, 0.1) is 0 Å². The molecule has 0 atom stereocenters. The molecule has 0 radical (unpaired) electrons. The van der Waals surface area contributed by atoms with Gasteiger partial charge >= 0.3 is 0 Å². The molecule has 0 amide bonds. The van der Waals surface area contributed by atoms with Crippen LogP contribution in [-0.2, 0) is 6.42 Å². The molecule has 0 saturated heterocycles. The molecule has 2 aromatic heterocycles. The molecule has 2 aromatic rings. The van der Waals surface area contributed by atoms with Crippen molar-refractivity contribution in [1.82, 2.24) is 15.0 Å². The third kappa shape index (κ3) is 2.76. The summed E-state index contributed by atoms with van der Waals surface area (Å²) in [5.74, 6) is 0.871. The monoisotopic (exact) mass is 250 g/mol. The minimum Gasteiger partial charge on any atom is -0.440 e. The summed E-state index contributed by atoms with van der Waals surface area (Å²) < 4.78 is 5.22. The molecule has 90 valence electrons. The summed E-state index contributed by atoms with van der Waals surface area (Å²) in [7, 11) is 1.86. The van der Waals surface area contributed by atoms with Gasteiger partial charge in [-0.15, -0.1) is 0 Å². The van der Waals surface area contributed by atoms with Crippen molar-refractivity contribution in [3.63, 3.8) is 0 Å².